The Labute approximate surface area is 868 Å². The SMILES string of the molecule is CSCC[C@H](NC(=O)CNC(=O)[C@@H](NC(=O)CNC(=O)[C@@H](NC(=O)CNC(=O)[C@H](CC(N)=O)NC(=O)[C@H](CC(N)=O)NC(=O)[C@H](Cc1ccccc1)NC(=O)[C@@H](N)CO)C(C)C)[C@@H](C)O)C(=O)N[C@@H](CCCCN)C(=O)N[C@@H](CCCCN)C(=O)N[C@H](C(=O)N[C@@H](CO)C(=O)N[C@@H](Cc1ccccc1)C(=O)N[C@@H](CCC(N)=O)C(=O)N[C@@H](CCCNC(=N)N)C(=O)N[C@@H](C)C(=O)N[C@@H](CCCCN)C(=O)N[C@@H](CO)C(=O)O)[C@@H](C)O. The Morgan fingerprint density at radius 3 is 1.05 bits per heavy atom. The molecule has 0 aliphatic carbocycles. The van der Waals surface area contributed by atoms with E-state index in [0.29, 0.717) is 24.0 Å². The molecule has 2 aromatic rings. The number of unbranched alkanes of at least 4 members (excludes halogenated alkanes) is 3. The van der Waals surface area contributed by atoms with E-state index in [9.17, 15) is 141 Å². The summed E-state index contributed by atoms with van der Waals surface area (Å²) in [4.78, 5) is 312. The standard InChI is InChI=1S/C91H149N29O29S/c1-46(2)71(118-69(130)41-102-76(134)61(38-66(97)127)114-85(143)62(39-67(98)128)115-84(142)59(112-75(133)52(95)43-121)36-50-20-9-7-10-21-50)87(145)103-42-70(131)119-72(48(4)124)88(146)104-40-68(129)106-58(30-35-150-6)81(139)108-54(25-14-17-32-93)78(136)109-55(26-15-18-33-94)82(140)120-73(49(5)125)89(147)116-63(44-122)86(144)113-60(37-51-22-11-8-12-23-51)83(141)111-57(28-29-65(96)126)80(138)110-56(27-19-34-101-91(99)100)77(135)105-47(3)74(132)107-53(24-13-16-31-92)79(137)117-64(45-123)90(148)149/h7-12,20-23,46-49,52-64,71-73,121-125H,13-19,24-45,92-95H2,1-6H3,(H2,96,126)(H2,97,127)(H2,98,128)(H,102,134)(H,103,145)(H,104,146)(H,105,135)(H,106,129)(H,107,132)(H,108,139)(H,109,136)(H,110,138)(H,111,141)(H,112,133)(H,113,144)(H,114,143)(H,115,142)(H,116,147)(H,117,137)(H,118,130)(H,119,131)(H,120,140)(H,148,149)(H4,99,100,101)/t47-,48+,49+,52-,53-,54-,55-,56-,57-,58-,59-,60-,61-,62-,63-,64-,71-,72-,73-/m0/s1. The molecular formula is C91H149N29O29S. The molecule has 22 amide bonds. The molecule has 0 heterocycles. The van der Waals surface area contributed by atoms with Crippen molar-refractivity contribution >= 4 is 154 Å². The zero-order valence-corrected chi connectivity index (χ0v) is 85.2. The number of aliphatic carboxylic acids is 1. The Balaban J connectivity index is 2.35. The predicted molar refractivity (Wildman–Crippen MR) is 538 cm³/mol. The summed E-state index contributed by atoms with van der Waals surface area (Å²) < 4.78 is 0. The van der Waals surface area contributed by atoms with Gasteiger partial charge in [-0.25, -0.2) is 4.79 Å². The first-order chi connectivity index (χ1) is 70.9. The van der Waals surface area contributed by atoms with Crippen molar-refractivity contribution < 1.29 is 141 Å². The van der Waals surface area contributed by atoms with Crippen LogP contribution >= 0.6 is 11.8 Å². The monoisotopic (exact) mass is 2140 g/mol. The molecule has 0 bridgehead atoms. The van der Waals surface area contributed by atoms with E-state index in [0.717, 1.165) is 13.8 Å². The van der Waals surface area contributed by atoms with Gasteiger partial charge in [0.1, 0.15) is 103 Å². The first-order valence-electron chi connectivity index (χ1n) is 48.3. The van der Waals surface area contributed by atoms with Crippen molar-refractivity contribution in [3.8, 4) is 0 Å². The van der Waals surface area contributed by atoms with Crippen LogP contribution in [-0.2, 0) is 123 Å². The largest absolute Gasteiger partial charge is 0.480 e. The number of guanidine groups is 1. The molecule has 43 N–H and O–H groups in total. The van der Waals surface area contributed by atoms with Crippen LogP contribution in [0.3, 0.4) is 0 Å². The second kappa shape index (κ2) is 71.2. The van der Waals surface area contributed by atoms with Gasteiger partial charge in [0.15, 0.2) is 5.96 Å². The molecule has 0 radical (unpaired) electrons. The Morgan fingerprint density at radius 2 is 0.653 bits per heavy atom. The van der Waals surface area contributed by atoms with Gasteiger partial charge >= 0.3 is 5.97 Å². The molecule has 59 heteroatoms. The molecule has 0 aliphatic heterocycles. The summed E-state index contributed by atoms with van der Waals surface area (Å²) in [5.74, 6) is -26.7. The van der Waals surface area contributed by atoms with E-state index in [1.165, 1.54) is 44.7 Å². The van der Waals surface area contributed by atoms with Gasteiger partial charge in [-0.2, -0.15) is 11.8 Å². The maximum absolute atomic E-state index is 14.7. The molecule has 0 unspecified atom stereocenters. The maximum Gasteiger partial charge on any atom is 0.328 e. The zero-order valence-electron chi connectivity index (χ0n) is 84.4. The number of thioether (sulfide) groups is 1. The van der Waals surface area contributed by atoms with Gasteiger partial charge in [-0.3, -0.25) is 111 Å². The molecule has 0 spiro atoms. The first-order valence-corrected chi connectivity index (χ1v) is 49.7. The molecule has 0 saturated heterocycles. The van der Waals surface area contributed by atoms with Gasteiger partial charge in [-0.15, -0.1) is 0 Å². The summed E-state index contributed by atoms with van der Waals surface area (Å²) in [5, 5.41) is 116. The van der Waals surface area contributed by atoms with Gasteiger partial charge in [-0.05, 0) is 153 Å². The van der Waals surface area contributed by atoms with Gasteiger partial charge in [0.25, 0.3) is 0 Å². The number of hydrogen-bond donors (Lipinski definition) is 35. The molecule has 0 saturated carbocycles. The third kappa shape index (κ3) is 51.4. The lowest BCUT2D eigenvalue weighted by Crippen LogP contribution is -2.62. The average Bonchev–Trinajstić information content (AvgIpc) is 0.843. The lowest BCUT2D eigenvalue weighted by atomic mass is 10.0. The van der Waals surface area contributed by atoms with E-state index < -0.39 is 328 Å². The van der Waals surface area contributed by atoms with E-state index >= 15 is 0 Å². The Bertz CT molecular complexity index is 4820. The number of aliphatic hydroxyl groups excluding tert-OH is 5. The lowest BCUT2D eigenvalue weighted by molar-refractivity contribution is -0.143. The number of nitrogens with two attached hydrogens (primary N) is 8. The number of hydrogen-bond acceptors (Lipinski definition) is 34. The minimum absolute atomic E-state index is 0.00617. The van der Waals surface area contributed by atoms with Crippen LogP contribution in [0.4, 0.5) is 0 Å². The summed E-state index contributed by atoms with van der Waals surface area (Å²) in [6.07, 6.45) is -4.68. The smallest absolute Gasteiger partial charge is 0.328 e. The van der Waals surface area contributed by atoms with Crippen LogP contribution in [0.15, 0.2) is 60.7 Å². The summed E-state index contributed by atoms with van der Waals surface area (Å²) in [5.41, 5.74) is 45.5. The number of carboxylic acid groups (broad SMARTS) is 1. The number of aliphatic hydroxyl groups is 5. The van der Waals surface area contributed by atoms with E-state index in [-0.39, 0.29) is 109 Å². The lowest BCUT2D eigenvalue weighted by Gasteiger charge is -2.29. The van der Waals surface area contributed by atoms with E-state index in [4.69, 9.17) is 51.3 Å². The molecule has 19 atom stereocenters. The molecule has 150 heavy (non-hydrogen) atoms. The highest BCUT2D eigenvalue weighted by molar-refractivity contribution is 7.98. The predicted octanol–water partition coefficient (Wildman–Crippen LogP) is -15.2. The fourth-order valence-electron chi connectivity index (χ4n) is 14.1. The van der Waals surface area contributed by atoms with Gasteiger partial charge in [0.2, 0.25) is 130 Å². The van der Waals surface area contributed by atoms with Crippen LogP contribution in [-0.4, -0.2) is 365 Å². The van der Waals surface area contributed by atoms with Crippen molar-refractivity contribution in [2.75, 3.05) is 77.6 Å². The number of rotatable bonds is 75. The fourth-order valence-corrected chi connectivity index (χ4v) is 14.5. The Morgan fingerprint density at radius 1 is 0.327 bits per heavy atom. The number of benzene rings is 2. The number of carbonyl (C=O) groups excluding carboxylic acids is 22. The summed E-state index contributed by atoms with van der Waals surface area (Å²) in [7, 11) is 0. The number of nitrogens with one attached hydrogen (secondary N) is 21. The first kappa shape index (κ1) is 132. The van der Waals surface area contributed by atoms with Crippen LogP contribution in [0.25, 0.3) is 0 Å². The minimum Gasteiger partial charge on any atom is -0.480 e. The quantitative estimate of drug-likeness (QED) is 0.0166. The molecule has 838 valence electrons. The van der Waals surface area contributed by atoms with Crippen LogP contribution < -0.4 is 152 Å². The van der Waals surface area contributed by atoms with Crippen molar-refractivity contribution in [2.45, 2.75) is 265 Å². The average molecular weight is 2150 g/mol. The van der Waals surface area contributed by atoms with Crippen LogP contribution in [0, 0.1) is 11.3 Å². The van der Waals surface area contributed by atoms with Crippen molar-refractivity contribution in [2.24, 2.45) is 51.8 Å². The van der Waals surface area contributed by atoms with Crippen LogP contribution in [0.1, 0.15) is 148 Å². The van der Waals surface area contributed by atoms with Gasteiger partial charge < -0.3 is 183 Å². The molecular weight excluding hydrogens is 2000 g/mol. The number of amides is 22. The van der Waals surface area contributed by atoms with Crippen molar-refractivity contribution in [3.05, 3.63) is 71.8 Å². The topological polar surface area (TPSA) is 987 Å². The zero-order chi connectivity index (χ0) is 113. The molecule has 0 fully saturated rings. The van der Waals surface area contributed by atoms with Gasteiger partial charge in [-0.1, -0.05) is 74.5 Å². The molecule has 0 aliphatic rings. The number of carbonyl (C=O) groups is 23. The third-order valence-electron chi connectivity index (χ3n) is 22.4. The normalized spacial score (nSPS) is 14.8. The van der Waals surface area contributed by atoms with Crippen LogP contribution in [0.5, 0.6) is 0 Å². The van der Waals surface area contributed by atoms with Crippen molar-refractivity contribution in [3.63, 3.8) is 0 Å². The summed E-state index contributed by atoms with van der Waals surface area (Å²) >= 11 is 1.24. The van der Waals surface area contributed by atoms with Crippen molar-refractivity contribution in [1.82, 2.24) is 106 Å². The summed E-state index contributed by atoms with van der Waals surface area (Å²) in [6, 6.07) is -12.4. The van der Waals surface area contributed by atoms with Gasteiger partial charge in [0, 0.05) is 25.8 Å². The highest BCUT2D eigenvalue weighted by Crippen LogP contribution is 2.15. The Hall–Kier alpha value is -14.5. The molecule has 2 aromatic carbocycles. The molecule has 2 rings (SSSR count). The highest BCUT2D eigenvalue weighted by atomic mass is 32.2. The second-order valence-corrected chi connectivity index (χ2v) is 36.3. The summed E-state index contributed by atoms with van der Waals surface area (Å²) in [6.45, 7) is 0.827. The second-order valence-electron chi connectivity index (χ2n) is 35.3. The Kier molecular flexibility index (Phi) is 62.4. The van der Waals surface area contributed by atoms with Crippen LogP contribution in [0.2, 0.25) is 0 Å². The van der Waals surface area contributed by atoms with E-state index in [2.05, 4.69) is 106 Å². The third-order valence-corrected chi connectivity index (χ3v) is 23.1. The maximum atomic E-state index is 14.7. The number of primary amides is 3. The van der Waals surface area contributed by atoms with Gasteiger partial charge in [0.05, 0.1) is 64.5 Å². The van der Waals surface area contributed by atoms with Crippen molar-refractivity contribution in [1.29, 1.82) is 5.41 Å². The molecule has 0 aromatic heterocycles. The van der Waals surface area contributed by atoms with E-state index in [1.54, 1.807) is 54.8 Å². The highest BCUT2D eigenvalue weighted by Gasteiger charge is 2.41. The minimum atomic E-state index is -2.02. The molecule has 58 nitrogen and oxygen atoms in total. The fraction of sp³-hybridized carbons (Fsp3) is 0.604. The number of carboxylic acids is 1. The van der Waals surface area contributed by atoms with E-state index in [1.807, 2.05) is 0 Å².